The highest BCUT2D eigenvalue weighted by Crippen LogP contribution is 2.24. The van der Waals surface area contributed by atoms with E-state index in [0.29, 0.717) is 45.7 Å². The number of nitrogens with two attached hydrogens (primary N) is 1. The molecule has 1 fully saturated rings. The molecular weight excluding hydrogens is 342 g/mol. The smallest absolute Gasteiger partial charge is 0.227 e. The van der Waals surface area contributed by atoms with Crippen molar-refractivity contribution >= 4 is 11.8 Å². The molecule has 1 heterocycles. The first-order valence-corrected chi connectivity index (χ1v) is 9.99. The van der Waals surface area contributed by atoms with Crippen LogP contribution in [0.4, 0.5) is 0 Å². The summed E-state index contributed by atoms with van der Waals surface area (Å²) in [6, 6.07) is 9.41. The molecule has 1 saturated heterocycles. The van der Waals surface area contributed by atoms with Gasteiger partial charge in [-0.25, -0.2) is 0 Å². The number of rotatable bonds is 9. The molecule has 1 aromatic rings. The summed E-state index contributed by atoms with van der Waals surface area (Å²) in [4.78, 5) is 26.9. The average Bonchev–Trinajstić information content (AvgIpc) is 2.72. The van der Waals surface area contributed by atoms with Gasteiger partial charge in [-0.1, -0.05) is 37.3 Å². The van der Waals surface area contributed by atoms with E-state index in [1.807, 2.05) is 49.1 Å². The van der Waals surface area contributed by atoms with Gasteiger partial charge in [0.1, 0.15) is 0 Å². The second kappa shape index (κ2) is 11.0. The minimum atomic E-state index is -0.315. The predicted molar refractivity (Wildman–Crippen MR) is 106 cm³/mol. The number of nitrogens with one attached hydrogen (secondary N) is 1. The lowest BCUT2D eigenvalue weighted by Crippen LogP contribution is -2.46. The third-order valence-corrected chi connectivity index (χ3v) is 5.26. The SMILES string of the molecule is CCOCCCNC(=O)C1CCN(C(=O)C(C)C(N)c2ccccc2)CC1. The predicted octanol–water partition coefficient (Wildman–Crippen LogP) is 2.10. The van der Waals surface area contributed by atoms with E-state index in [1.165, 1.54) is 0 Å². The highest BCUT2D eigenvalue weighted by Gasteiger charge is 2.31. The number of hydrogen-bond acceptors (Lipinski definition) is 4. The number of amides is 2. The van der Waals surface area contributed by atoms with Gasteiger partial charge in [0.25, 0.3) is 0 Å². The Bertz CT molecular complexity index is 586. The van der Waals surface area contributed by atoms with Crippen molar-refractivity contribution in [1.29, 1.82) is 0 Å². The van der Waals surface area contributed by atoms with E-state index in [2.05, 4.69) is 5.32 Å². The lowest BCUT2D eigenvalue weighted by molar-refractivity contribution is -0.139. The third-order valence-electron chi connectivity index (χ3n) is 5.26. The van der Waals surface area contributed by atoms with Crippen LogP contribution in [0.25, 0.3) is 0 Å². The Morgan fingerprint density at radius 3 is 2.56 bits per heavy atom. The summed E-state index contributed by atoms with van der Waals surface area (Å²) in [6.45, 7) is 7.08. The van der Waals surface area contributed by atoms with Crippen molar-refractivity contribution in [1.82, 2.24) is 10.2 Å². The molecule has 2 rings (SSSR count). The van der Waals surface area contributed by atoms with Gasteiger partial charge in [-0.15, -0.1) is 0 Å². The Hall–Kier alpha value is -1.92. The zero-order chi connectivity index (χ0) is 19.6. The summed E-state index contributed by atoms with van der Waals surface area (Å²) in [5, 5.41) is 2.98. The van der Waals surface area contributed by atoms with Crippen molar-refractivity contribution in [3.63, 3.8) is 0 Å². The van der Waals surface area contributed by atoms with Gasteiger partial charge in [-0.2, -0.15) is 0 Å². The van der Waals surface area contributed by atoms with E-state index in [0.717, 1.165) is 12.0 Å². The molecule has 150 valence electrons. The number of likely N-dealkylation sites (tertiary alicyclic amines) is 1. The maximum Gasteiger partial charge on any atom is 0.227 e. The normalized spacial score (nSPS) is 17.4. The number of hydrogen-bond donors (Lipinski definition) is 2. The molecule has 27 heavy (non-hydrogen) atoms. The van der Waals surface area contributed by atoms with Crippen LogP contribution in [-0.4, -0.2) is 49.6 Å². The Morgan fingerprint density at radius 1 is 1.26 bits per heavy atom. The zero-order valence-corrected chi connectivity index (χ0v) is 16.5. The van der Waals surface area contributed by atoms with E-state index >= 15 is 0 Å². The molecule has 0 spiro atoms. The molecule has 0 bridgehead atoms. The minimum absolute atomic E-state index is 0.0146. The van der Waals surface area contributed by atoms with Gasteiger partial charge in [0, 0.05) is 44.8 Å². The van der Waals surface area contributed by atoms with Gasteiger partial charge in [-0.3, -0.25) is 9.59 Å². The quantitative estimate of drug-likeness (QED) is 0.648. The van der Waals surface area contributed by atoms with Gasteiger partial charge >= 0.3 is 0 Å². The molecule has 1 aromatic carbocycles. The second-order valence-corrected chi connectivity index (χ2v) is 7.17. The van der Waals surface area contributed by atoms with E-state index in [9.17, 15) is 9.59 Å². The lowest BCUT2D eigenvalue weighted by Gasteiger charge is -2.34. The Morgan fingerprint density at radius 2 is 1.93 bits per heavy atom. The Labute approximate surface area is 162 Å². The van der Waals surface area contributed by atoms with Gasteiger partial charge in [0.15, 0.2) is 0 Å². The minimum Gasteiger partial charge on any atom is -0.382 e. The monoisotopic (exact) mass is 375 g/mol. The highest BCUT2D eigenvalue weighted by atomic mass is 16.5. The van der Waals surface area contributed by atoms with Crippen molar-refractivity contribution in [2.75, 3.05) is 32.8 Å². The molecule has 0 saturated carbocycles. The molecule has 2 atom stereocenters. The van der Waals surface area contributed by atoms with Crippen LogP contribution in [-0.2, 0) is 14.3 Å². The fourth-order valence-electron chi connectivity index (χ4n) is 3.44. The van der Waals surface area contributed by atoms with Crippen LogP contribution < -0.4 is 11.1 Å². The molecule has 0 aliphatic carbocycles. The van der Waals surface area contributed by atoms with Crippen molar-refractivity contribution in [2.24, 2.45) is 17.6 Å². The number of nitrogens with zero attached hydrogens (tertiary/aromatic N) is 1. The summed E-state index contributed by atoms with van der Waals surface area (Å²) >= 11 is 0. The van der Waals surface area contributed by atoms with E-state index in [1.54, 1.807) is 0 Å². The number of carbonyl (C=O) groups excluding carboxylic acids is 2. The van der Waals surface area contributed by atoms with Crippen LogP contribution in [0.15, 0.2) is 30.3 Å². The highest BCUT2D eigenvalue weighted by molar-refractivity contribution is 5.81. The summed E-state index contributed by atoms with van der Waals surface area (Å²) < 4.78 is 5.27. The standard InChI is InChI=1S/C21H33N3O3/c1-3-27-15-7-12-23-20(25)18-10-13-24(14-11-18)21(26)16(2)19(22)17-8-5-4-6-9-17/h4-6,8-9,16,18-19H,3,7,10-15,22H2,1-2H3,(H,23,25). The molecule has 2 amide bonds. The van der Waals surface area contributed by atoms with Crippen molar-refractivity contribution in [3.8, 4) is 0 Å². The molecule has 1 aliphatic rings. The second-order valence-electron chi connectivity index (χ2n) is 7.17. The molecule has 6 heteroatoms. The van der Waals surface area contributed by atoms with Crippen LogP contribution in [0.1, 0.15) is 44.7 Å². The van der Waals surface area contributed by atoms with Gasteiger partial charge in [0.05, 0.1) is 5.92 Å². The van der Waals surface area contributed by atoms with Crippen molar-refractivity contribution in [2.45, 2.75) is 39.2 Å². The average molecular weight is 376 g/mol. The zero-order valence-electron chi connectivity index (χ0n) is 16.5. The molecular formula is C21H33N3O3. The van der Waals surface area contributed by atoms with Gasteiger partial charge in [-0.05, 0) is 31.7 Å². The van der Waals surface area contributed by atoms with Crippen molar-refractivity contribution in [3.05, 3.63) is 35.9 Å². The first-order chi connectivity index (χ1) is 13.0. The van der Waals surface area contributed by atoms with Gasteiger partial charge < -0.3 is 20.7 Å². The molecule has 1 aliphatic heterocycles. The molecule has 0 aromatic heterocycles. The van der Waals surface area contributed by atoms with Crippen LogP contribution in [0.3, 0.4) is 0 Å². The topological polar surface area (TPSA) is 84.7 Å². The van der Waals surface area contributed by atoms with E-state index in [-0.39, 0.29) is 29.7 Å². The van der Waals surface area contributed by atoms with E-state index < -0.39 is 0 Å². The molecule has 2 unspecified atom stereocenters. The number of benzene rings is 1. The van der Waals surface area contributed by atoms with Gasteiger partial charge in [0.2, 0.25) is 11.8 Å². The molecule has 0 radical (unpaired) electrons. The van der Waals surface area contributed by atoms with Crippen LogP contribution in [0, 0.1) is 11.8 Å². The largest absolute Gasteiger partial charge is 0.382 e. The molecule has 6 nitrogen and oxygen atoms in total. The van der Waals surface area contributed by atoms with Crippen LogP contribution in [0.2, 0.25) is 0 Å². The maximum absolute atomic E-state index is 12.8. The third kappa shape index (κ3) is 6.33. The summed E-state index contributed by atoms with van der Waals surface area (Å²) in [7, 11) is 0. The molecule has 3 N–H and O–H groups in total. The first kappa shape index (κ1) is 21.4. The number of piperidine rings is 1. The number of ether oxygens (including phenoxy) is 1. The number of carbonyl (C=O) groups is 2. The Kier molecular flexibility index (Phi) is 8.75. The first-order valence-electron chi connectivity index (χ1n) is 9.99. The summed E-state index contributed by atoms with van der Waals surface area (Å²) in [6.07, 6.45) is 2.23. The van der Waals surface area contributed by atoms with Crippen LogP contribution >= 0.6 is 0 Å². The maximum atomic E-state index is 12.8. The fourth-order valence-corrected chi connectivity index (χ4v) is 3.44. The van der Waals surface area contributed by atoms with Crippen molar-refractivity contribution < 1.29 is 14.3 Å². The fraction of sp³-hybridized carbons (Fsp3) is 0.619. The summed E-state index contributed by atoms with van der Waals surface area (Å²) in [5.74, 6) is -0.134. The Balaban J connectivity index is 1.75. The van der Waals surface area contributed by atoms with Crippen LogP contribution in [0.5, 0.6) is 0 Å². The lowest BCUT2D eigenvalue weighted by atomic mass is 9.91. The van der Waals surface area contributed by atoms with E-state index in [4.69, 9.17) is 10.5 Å². The summed E-state index contributed by atoms with van der Waals surface area (Å²) in [5.41, 5.74) is 7.26.